The largest absolute Gasteiger partial charge is 0.337 e. The summed E-state index contributed by atoms with van der Waals surface area (Å²) in [7, 11) is 0. The Labute approximate surface area is 118 Å². The molecule has 1 aliphatic rings. The Morgan fingerprint density at radius 3 is 2.95 bits per heavy atom. The van der Waals surface area contributed by atoms with Gasteiger partial charge in [-0.25, -0.2) is 4.39 Å². The van der Waals surface area contributed by atoms with E-state index >= 15 is 0 Å². The summed E-state index contributed by atoms with van der Waals surface area (Å²) < 4.78 is 19.3. The van der Waals surface area contributed by atoms with Gasteiger partial charge < -0.3 is 9.84 Å². The minimum absolute atomic E-state index is 0.118. The molecule has 0 aliphatic carbocycles. The van der Waals surface area contributed by atoms with Crippen LogP contribution < -0.4 is 5.32 Å². The first-order valence-corrected chi connectivity index (χ1v) is 7.05. The van der Waals surface area contributed by atoms with Crippen molar-refractivity contribution in [1.82, 2.24) is 15.5 Å². The van der Waals surface area contributed by atoms with Crippen molar-refractivity contribution in [2.45, 2.75) is 25.3 Å². The standard InChI is InChI=1S/C13H13BrFN3O/c14-9-5-8(6-10(15)7-9)12-17-13(19-18-12)11-3-1-2-4-16-11/h5-7,11,16H,1-4H2. The Kier molecular flexibility index (Phi) is 3.61. The Hall–Kier alpha value is -1.27. The highest BCUT2D eigenvalue weighted by atomic mass is 79.9. The number of hydrogen-bond donors (Lipinski definition) is 1. The van der Waals surface area contributed by atoms with Crippen LogP contribution in [0.4, 0.5) is 4.39 Å². The van der Waals surface area contributed by atoms with Gasteiger partial charge in [0.05, 0.1) is 6.04 Å². The maximum absolute atomic E-state index is 13.3. The maximum Gasteiger partial charge on any atom is 0.244 e. The van der Waals surface area contributed by atoms with Crippen LogP contribution in [0, 0.1) is 5.82 Å². The normalized spacial score (nSPS) is 19.6. The summed E-state index contributed by atoms with van der Waals surface area (Å²) in [6.07, 6.45) is 3.32. The molecule has 1 fully saturated rings. The van der Waals surface area contributed by atoms with Crippen LogP contribution in [0.3, 0.4) is 0 Å². The third-order valence-corrected chi connectivity index (χ3v) is 3.63. The van der Waals surface area contributed by atoms with Crippen molar-refractivity contribution in [1.29, 1.82) is 0 Å². The molecule has 1 atom stereocenters. The predicted octanol–water partition coefficient (Wildman–Crippen LogP) is 3.45. The number of halogens is 2. The van der Waals surface area contributed by atoms with Crippen molar-refractivity contribution in [3.8, 4) is 11.4 Å². The van der Waals surface area contributed by atoms with Crippen LogP contribution in [-0.2, 0) is 0 Å². The SMILES string of the molecule is Fc1cc(Br)cc(-c2noc(C3CCCCN3)n2)c1. The summed E-state index contributed by atoms with van der Waals surface area (Å²) in [5.41, 5.74) is 0.609. The molecule has 3 rings (SSSR count). The number of aromatic nitrogens is 2. The lowest BCUT2D eigenvalue weighted by molar-refractivity contribution is 0.297. The van der Waals surface area contributed by atoms with Gasteiger partial charge >= 0.3 is 0 Å². The highest BCUT2D eigenvalue weighted by Crippen LogP contribution is 2.26. The summed E-state index contributed by atoms with van der Waals surface area (Å²) in [4.78, 5) is 4.36. The molecule has 0 bridgehead atoms. The number of benzene rings is 1. The number of rotatable bonds is 2. The van der Waals surface area contributed by atoms with Crippen molar-refractivity contribution in [2.75, 3.05) is 6.54 Å². The van der Waals surface area contributed by atoms with Crippen LogP contribution in [0.5, 0.6) is 0 Å². The van der Waals surface area contributed by atoms with Gasteiger partial charge in [-0.15, -0.1) is 0 Å². The lowest BCUT2D eigenvalue weighted by atomic mass is 10.1. The van der Waals surface area contributed by atoms with Crippen molar-refractivity contribution >= 4 is 15.9 Å². The van der Waals surface area contributed by atoms with E-state index in [4.69, 9.17) is 4.52 Å². The average molecular weight is 326 g/mol. The summed E-state index contributed by atoms with van der Waals surface area (Å²) in [6, 6.07) is 4.68. The lowest BCUT2D eigenvalue weighted by Gasteiger charge is -2.19. The van der Waals surface area contributed by atoms with Crippen molar-refractivity contribution in [2.24, 2.45) is 0 Å². The number of nitrogens with zero attached hydrogens (tertiary/aromatic N) is 2. The molecule has 1 unspecified atom stereocenters. The molecular weight excluding hydrogens is 313 g/mol. The van der Waals surface area contributed by atoms with Gasteiger partial charge in [-0.2, -0.15) is 4.98 Å². The molecule has 6 heteroatoms. The average Bonchev–Trinajstić information content (AvgIpc) is 2.88. The van der Waals surface area contributed by atoms with E-state index < -0.39 is 0 Å². The first-order chi connectivity index (χ1) is 9.22. The second-order valence-corrected chi connectivity index (χ2v) is 5.53. The monoisotopic (exact) mass is 325 g/mol. The van der Waals surface area contributed by atoms with Gasteiger partial charge in [-0.05, 0) is 37.6 Å². The van der Waals surface area contributed by atoms with E-state index in [1.165, 1.54) is 18.6 Å². The van der Waals surface area contributed by atoms with Crippen LogP contribution >= 0.6 is 15.9 Å². The third kappa shape index (κ3) is 2.84. The summed E-state index contributed by atoms with van der Waals surface area (Å²) in [5, 5.41) is 7.27. The summed E-state index contributed by atoms with van der Waals surface area (Å²) in [5.74, 6) is 0.671. The molecule has 1 aromatic heterocycles. The second kappa shape index (κ2) is 5.38. The molecule has 19 heavy (non-hydrogen) atoms. The highest BCUT2D eigenvalue weighted by molar-refractivity contribution is 9.10. The molecule has 100 valence electrons. The first-order valence-electron chi connectivity index (χ1n) is 6.26. The van der Waals surface area contributed by atoms with Gasteiger partial charge in [0.1, 0.15) is 5.82 Å². The number of hydrogen-bond acceptors (Lipinski definition) is 4. The fraction of sp³-hybridized carbons (Fsp3) is 0.385. The van der Waals surface area contributed by atoms with Crippen LogP contribution in [0.15, 0.2) is 27.2 Å². The molecule has 1 aromatic carbocycles. The molecule has 4 nitrogen and oxygen atoms in total. The van der Waals surface area contributed by atoms with E-state index in [0.717, 1.165) is 19.4 Å². The predicted molar refractivity (Wildman–Crippen MR) is 72.0 cm³/mol. The van der Waals surface area contributed by atoms with Crippen LogP contribution in [-0.4, -0.2) is 16.7 Å². The lowest BCUT2D eigenvalue weighted by Crippen LogP contribution is -2.26. The van der Waals surface area contributed by atoms with E-state index in [1.807, 2.05) is 0 Å². The zero-order valence-corrected chi connectivity index (χ0v) is 11.8. The van der Waals surface area contributed by atoms with Gasteiger partial charge in [0, 0.05) is 10.0 Å². The van der Waals surface area contributed by atoms with Crippen molar-refractivity contribution in [3.63, 3.8) is 0 Å². The Balaban J connectivity index is 1.87. The molecule has 1 saturated heterocycles. The fourth-order valence-electron chi connectivity index (χ4n) is 2.24. The van der Waals surface area contributed by atoms with Crippen LogP contribution in [0.1, 0.15) is 31.2 Å². The molecular formula is C13H13BrFN3O. The van der Waals surface area contributed by atoms with E-state index in [9.17, 15) is 4.39 Å². The van der Waals surface area contributed by atoms with Gasteiger partial charge in [-0.1, -0.05) is 27.5 Å². The molecule has 0 radical (unpaired) electrons. The Morgan fingerprint density at radius 2 is 2.21 bits per heavy atom. The molecule has 2 aromatic rings. The van der Waals surface area contributed by atoms with E-state index in [1.54, 1.807) is 6.07 Å². The molecule has 1 N–H and O–H groups in total. The van der Waals surface area contributed by atoms with E-state index in [-0.39, 0.29) is 11.9 Å². The Bertz CT molecular complexity index is 561. The summed E-state index contributed by atoms with van der Waals surface area (Å²) >= 11 is 3.26. The minimum Gasteiger partial charge on any atom is -0.337 e. The summed E-state index contributed by atoms with van der Waals surface area (Å²) in [6.45, 7) is 0.966. The van der Waals surface area contributed by atoms with Gasteiger partial charge in [-0.3, -0.25) is 0 Å². The quantitative estimate of drug-likeness (QED) is 0.918. The molecule has 0 saturated carbocycles. The first kappa shape index (κ1) is 12.7. The second-order valence-electron chi connectivity index (χ2n) is 4.62. The molecule has 0 amide bonds. The number of nitrogens with one attached hydrogen (secondary N) is 1. The molecule has 1 aliphatic heterocycles. The zero-order valence-electron chi connectivity index (χ0n) is 10.2. The molecule has 2 heterocycles. The zero-order chi connectivity index (χ0) is 13.2. The smallest absolute Gasteiger partial charge is 0.244 e. The van der Waals surface area contributed by atoms with Gasteiger partial charge in [0.2, 0.25) is 11.7 Å². The topological polar surface area (TPSA) is 51.0 Å². The van der Waals surface area contributed by atoms with E-state index in [2.05, 4.69) is 31.4 Å². The fourth-order valence-corrected chi connectivity index (χ4v) is 2.70. The molecule has 0 spiro atoms. The third-order valence-electron chi connectivity index (χ3n) is 3.17. The van der Waals surface area contributed by atoms with Gasteiger partial charge in [0.25, 0.3) is 0 Å². The van der Waals surface area contributed by atoms with Gasteiger partial charge in [0.15, 0.2) is 0 Å². The Morgan fingerprint density at radius 1 is 1.32 bits per heavy atom. The number of piperidine rings is 1. The van der Waals surface area contributed by atoms with E-state index in [0.29, 0.717) is 21.8 Å². The van der Waals surface area contributed by atoms with Crippen molar-refractivity contribution < 1.29 is 8.91 Å². The van der Waals surface area contributed by atoms with Crippen molar-refractivity contribution in [3.05, 3.63) is 34.4 Å². The maximum atomic E-state index is 13.3. The highest BCUT2D eigenvalue weighted by Gasteiger charge is 2.21. The van der Waals surface area contributed by atoms with Crippen LogP contribution in [0.2, 0.25) is 0 Å². The minimum atomic E-state index is -0.327. The van der Waals surface area contributed by atoms with Crippen LogP contribution in [0.25, 0.3) is 11.4 Å².